The van der Waals surface area contributed by atoms with Crippen molar-refractivity contribution in [3.05, 3.63) is 60.3 Å². The predicted molar refractivity (Wildman–Crippen MR) is 123 cm³/mol. The van der Waals surface area contributed by atoms with Gasteiger partial charge in [0.1, 0.15) is 11.5 Å². The average molecular weight is 436 g/mol. The van der Waals surface area contributed by atoms with Gasteiger partial charge in [-0.2, -0.15) is 0 Å². The molecule has 0 bridgehead atoms. The maximum atomic E-state index is 12.0. The Hall–Kier alpha value is -3.45. The number of nitrogens with one attached hydrogen (secondary N) is 1. The van der Waals surface area contributed by atoms with Gasteiger partial charge >= 0.3 is 6.03 Å². The SMILES string of the molecule is COc1ccc(-c2cc(C3CCN(C(=O)N(C)O)CC3)[nH]c2-c2ccc(OC)cc2)cc1. The van der Waals surface area contributed by atoms with Crippen LogP contribution in [-0.4, -0.2) is 60.5 Å². The van der Waals surface area contributed by atoms with Gasteiger partial charge in [-0.1, -0.05) is 12.1 Å². The van der Waals surface area contributed by atoms with Crippen LogP contribution in [-0.2, 0) is 0 Å². The molecule has 0 aliphatic carbocycles. The molecule has 0 spiro atoms. The number of methoxy groups -OCH3 is 2. The van der Waals surface area contributed by atoms with E-state index in [-0.39, 0.29) is 6.03 Å². The number of piperidine rings is 1. The van der Waals surface area contributed by atoms with Crippen LogP contribution in [0.1, 0.15) is 24.5 Å². The molecular weight excluding hydrogens is 406 g/mol. The molecule has 7 heteroatoms. The Morgan fingerprint density at radius 1 is 0.969 bits per heavy atom. The van der Waals surface area contributed by atoms with E-state index in [9.17, 15) is 10.0 Å². The van der Waals surface area contributed by atoms with Crippen molar-refractivity contribution >= 4 is 6.03 Å². The molecule has 1 fully saturated rings. The number of rotatable bonds is 5. The largest absolute Gasteiger partial charge is 0.497 e. The molecule has 2 heterocycles. The summed E-state index contributed by atoms with van der Waals surface area (Å²) < 4.78 is 10.6. The van der Waals surface area contributed by atoms with Crippen LogP contribution < -0.4 is 9.47 Å². The van der Waals surface area contributed by atoms with Crippen LogP contribution in [0.25, 0.3) is 22.4 Å². The first kappa shape index (κ1) is 21.8. The third kappa shape index (κ3) is 4.43. The lowest BCUT2D eigenvalue weighted by atomic mass is 9.93. The number of likely N-dealkylation sites (tertiary alicyclic amines) is 1. The van der Waals surface area contributed by atoms with E-state index >= 15 is 0 Å². The highest BCUT2D eigenvalue weighted by molar-refractivity contribution is 5.82. The third-order valence-corrected chi connectivity index (χ3v) is 6.10. The monoisotopic (exact) mass is 435 g/mol. The number of hydrogen-bond donors (Lipinski definition) is 2. The van der Waals surface area contributed by atoms with Gasteiger partial charge in [0.2, 0.25) is 0 Å². The zero-order valence-electron chi connectivity index (χ0n) is 18.7. The number of carbonyl (C=O) groups is 1. The lowest BCUT2D eigenvalue weighted by Gasteiger charge is -2.32. The molecule has 7 nitrogen and oxygen atoms in total. The number of urea groups is 1. The van der Waals surface area contributed by atoms with E-state index < -0.39 is 0 Å². The third-order valence-electron chi connectivity index (χ3n) is 6.10. The second-order valence-corrected chi connectivity index (χ2v) is 8.04. The fourth-order valence-electron chi connectivity index (χ4n) is 4.27. The Kier molecular flexibility index (Phi) is 6.37. The highest BCUT2D eigenvalue weighted by Crippen LogP contribution is 2.38. The molecule has 4 rings (SSSR count). The van der Waals surface area contributed by atoms with Gasteiger partial charge in [0.05, 0.1) is 19.9 Å². The minimum atomic E-state index is -0.354. The molecule has 2 amide bonds. The van der Waals surface area contributed by atoms with Crippen LogP contribution in [0.3, 0.4) is 0 Å². The minimum absolute atomic E-state index is 0.312. The molecule has 32 heavy (non-hydrogen) atoms. The fraction of sp³-hybridized carbons (Fsp3) is 0.320. The van der Waals surface area contributed by atoms with Gasteiger partial charge in [0.25, 0.3) is 0 Å². The zero-order chi connectivity index (χ0) is 22.7. The minimum Gasteiger partial charge on any atom is -0.497 e. The molecule has 168 valence electrons. The quantitative estimate of drug-likeness (QED) is 0.437. The molecule has 1 aliphatic rings. The topological polar surface area (TPSA) is 78.0 Å². The van der Waals surface area contributed by atoms with Crippen LogP contribution in [0.4, 0.5) is 4.79 Å². The van der Waals surface area contributed by atoms with Crippen LogP contribution >= 0.6 is 0 Å². The van der Waals surface area contributed by atoms with E-state index in [1.807, 2.05) is 24.3 Å². The van der Waals surface area contributed by atoms with Crippen molar-refractivity contribution in [3.63, 3.8) is 0 Å². The van der Waals surface area contributed by atoms with Crippen LogP contribution in [0, 0.1) is 0 Å². The second-order valence-electron chi connectivity index (χ2n) is 8.04. The van der Waals surface area contributed by atoms with Gasteiger partial charge < -0.3 is 19.4 Å². The number of aromatic nitrogens is 1. The summed E-state index contributed by atoms with van der Waals surface area (Å²) in [5.74, 6) is 1.95. The van der Waals surface area contributed by atoms with Gasteiger partial charge in [0, 0.05) is 37.3 Å². The van der Waals surface area contributed by atoms with Gasteiger partial charge in [-0.25, -0.2) is 9.86 Å². The maximum absolute atomic E-state index is 12.0. The summed E-state index contributed by atoms with van der Waals surface area (Å²) in [5, 5.41) is 10.1. The van der Waals surface area contributed by atoms with Crippen molar-refractivity contribution in [1.82, 2.24) is 14.9 Å². The Bertz CT molecular complexity index is 985. The first-order valence-corrected chi connectivity index (χ1v) is 10.7. The molecule has 0 unspecified atom stereocenters. The summed E-state index contributed by atoms with van der Waals surface area (Å²) in [5.41, 5.74) is 5.53. The first-order valence-electron chi connectivity index (χ1n) is 10.7. The van der Waals surface area contributed by atoms with E-state index in [2.05, 4.69) is 35.3 Å². The van der Waals surface area contributed by atoms with Crippen LogP contribution in [0.2, 0.25) is 0 Å². The average Bonchev–Trinajstić information content (AvgIpc) is 3.29. The number of ether oxygens (including phenoxy) is 2. The Labute approximate surface area is 188 Å². The molecule has 1 aromatic heterocycles. The van der Waals surface area contributed by atoms with Gasteiger partial charge in [0.15, 0.2) is 0 Å². The predicted octanol–water partition coefficient (Wildman–Crippen LogP) is 4.99. The Morgan fingerprint density at radius 2 is 1.50 bits per heavy atom. The van der Waals surface area contributed by atoms with E-state index in [0.717, 1.165) is 52.4 Å². The van der Waals surface area contributed by atoms with Crippen molar-refractivity contribution in [2.45, 2.75) is 18.8 Å². The number of H-pyrrole nitrogens is 1. The number of aromatic amines is 1. The summed E-state index contributed by atoms with van der Waals surface area (Å²) in [6.45, 7) is 1.23. The van der Waals surface area contributed by atoms with Gasteiger partial charge in [-0.3, -0.25) is 5.21 Å². The van der Waals surface area contributed by atoms with Crippen molar-refractivity contribution < 1.29 is 19.5 Å². The molecule has 1 saturated heterocycles. The highest BCUT2D eigenvalue weighted by atomic mass is 16.5. The summed E-state index contributed by atoms with van der Waals surface area (Å²) in [7, 11) is 4.69. The summed E-state index contributed by atoms with van der Waals surface area (Å²) in [6.07, 6.45) is 1.67. The van der Waals surface area contributed by atoms with E-state index in [1.165, 1.54) is 7.05 Å². The molecular formula is C25H29N3O4. The van der Waals surface area contributed by atoms with Crippen LogP contribution in [0.5, 0.6) is 11.5 Å². The summed E-state index contributed by atoms with van der Waals surface area (Å²) in [4.78, 5) is 17.4. The molecule has 0 saturated carbocycles. The fourth-order valence-corrected chi connectivity index (χ4v) is 4.27. The van der Waals surface area contributed by atoms with Crippen LogP contribution in [0.15, 0.2) is 54.6 Å². The Balaban J connectivity index is 1.65. The number of hydroxylamine groups is 2. The van der Waals surface area contributed by atoms with Crippen molar-refractivity contribution in [3.8, 4) is 33.9 Å². The molecule has 2 N–H and O–H groups in total. The number of amides is 2. The lowest BCUT2D eigenvalue weighted by Crippen LogP contribution is -2.43. The lowest BCUT2D eigenvalue weighted by molar-refractivity contribution is -0.0356. The molecule has 1 aliphatic heterocycles. The van der Waals surface area contributed by atoms with Crippen molar-refractivity contribution in [2.75, 3.05) is 34.4 Å². The number of carbonyl (C=O) groups excluding carboxylic acids is 1. The molecule has 0 atom stereocenters. The maximum Gasteiger partial charge on any atom is 0.343 e. The smallest absolute Gasteiger partial charge is 0.343 e. The molecule has 2 aromatic carbocycles. The number of nitrogens with zero attached hydrogens (tertiary/aromatic N) is 2. The zero-order valence-corrected chi connectivity index (χ0v) is 18.7. The molecule has 0 radical (unpaired) electrons. The van der Waals surface area contributed by atoms with E-state index in [4.69, 9.17) is 9.47 Å². The normalized spacial score (nSPS) is 14.3. The number of hydrogen-bond acceptors (Lipinski definition) is 4. The van der Waals surface area contributed by atoms with Gasteiger partial charge in [-0.15, -0.1) is 0 Å². The van der Waals surface area contributed by atoms with Gasteiger partial charge in [-0.05, 0) is 66.4 Å². The van der Waals surface area contributed by atoms with E-state index in [1.54, 1.807) is 19.1 Å². The molecule has 3 aromatic rings. The second kappa shape index (κ2) is 9.36. The highest BCUT2D eigenvalue weighted by Gasteiger charge is 2.27. The van der Waals surface area contributed by atoms with Crippen molar-refractivity contribution in [1.29, 1.82) is 0 Å². The van der Waals surface area contributed by atoms with E-state index in [0.29, 0.717) is 24.1 Å². The summed E-state index contributed by atoms with van der Waals surface area (Å²) >= 11 is 0. The summed E-state index contributed by atoms with van der Waals surface area (Å²) in [6, 6.07) is 18.0. The first-order chi connectivity index (χ1) is 15.5. The Morgan fingerprint density at radius 3 is 2.00 bits per heavy atom. The number of benzene rings is 2. The standard InChI is InChI=1S/C25H29N3O4/c1-27(30)25(29)28-14-12-18(13-15-28)23-16-22(17-4-8-20(31-2)9-5-17)24(26-23)19-6-10-21(32-3)11-7-19/h4-11,16,18,26,30H,12-15H2,1-3H3. The van der Waals surface area contributed by atoms with Crippen molar-refractivity contribution in [2.24, 2.45) is 0 Å².